The number of carbonyl (C=O) groups excluding carboxylic acids is 1. The van der Waals surface area contributed by atoms with E-state index >= 15 is 0 Å². The number of nitrogens with one attached hydrogen (secondary N) is 3. The van der Waals surface area contributed by atoms with Gasteiger partial charge in [0.2, 0.25) is 5.91 Å². The number of hydrogen-bond acceptors (Lipinski definition) is 3. The Morgan fingerprint density at radius 1 is 1.11 bits per heavy atom. The Balaban J connectivity index is 2.08. The van der Waals surface area contributed by atoms with E-state index in [2.05, 4.69) is 25.7 Å². The van der Waals surface area contributed by atoms with Crippen molar-refractivity contribution in [1.82, 2.24) is 20.4 Å². The Kier molecular flexibility index (Phi) is 3.18. The van der Waals surface area contributed by atoms with Crippen molar-refractivity contribution in [2.24, 2.45) is 0 Å². The van der Waals surface area contributed by atoms with E-state index < -0.39 is 0 Å². The van der Waals surface area contributed by atoms with Crippen molar-refractivity contribution in [2.45, 2.75) is 34.1 Å². The second kappa shape index (κ2) is 4.64. The van der Waals surface area contributed by atoms with Gasteiger partial charge in [0.05, 0.1) is 12.1 Å². The van der Waals surface area contributed by atoms with Gasteiger partial charge in [-0.3, -0.25) is 15.0 Å². The van der Waals surface area contributed by atoms with Crippen molar-refractivity contribution < 1.29 is 4.79 Å². The van der Waals surface area contributed by atoms with E-state index in [0.29, 0.717) is 12.2 Å². The quantitative estimate of drug-likeness (QED) is 0.769. The van der Waals surface area contributed by atoms with Crippen LogP contribution < -0.4 is 5.32 Å². The van der Waals surface area contributed by atoms with E-state index in [9.17, 15) is 4.79 Å². The molecule has 0 radical (unpaired) electrons. The monoisotopic (exact) mass is 247 g/mol. The zero-order valence-electron chi connectivity index (χ0n) is 11.0. The van der Waals surface area contributed by atoms with Crippen molar-refractivity contribution in [1.29, 1.82) is 0 Å². The molecule has 0 aliphatic rings. The van der Waals surface area contributed by atoms with Gasteiger partial charge in [-0.1, -0.05) is 0 Å². The summed E-state index contributed by atoms with van der Waals surface area (Å²) in [5.41, 5.74) is 4.65. The maximum absolute atomic E-state index is 11.9. The third-order valence-corrected chi connectivity index (χ3v) is 3.13. The number of aromatic amines is 2. The molecule has 0 saturated carbocycles. The highest BCUT2D eigenvalue weighted by Crippen LogP contribution is 2.15. The fraction of sp³-hybridized carbons (Fsp3) is 0.417. The number of aromatic nitrogens is 4. The van der Waals surface area contributed by atoms with Gasteiger partial charge in [0, 0.05) is 22.5 Å². The Hall–Kier alpha value is -2.11. The molecule has 1 amide bonds. The summed E-state index contributed by atoms with van der Waals surface area (Å²) < 4.78 is 0. The predicted molar refractivity (Wildman–Crippen MR) is 68.5 cm³/mol. The molecule has 2 heterocycles. The van der Waals surface area contributed by atoms with Gasteiger partial charge in [0.15, 0.2) is 5.82 Å². The second-order valence-electron chi connectivity index (χ2n) is 4.46. The van der Waals surface area contributed by atoms with E-state index in [1.807, 2.05) is 27.7 Å². The van der Waals surface area contributed by atoms with Crippen LogP contribution in [0.3, 0.4) is 0 Å². The average molecular weight is 247 g/mol. The molecule has 0 aliphatic carbocycles. The zero-order valence-corrected chi connectivity index (χ0v) is 11.0. The van der Waals surface area contributed by atoms with Crippen LogP contribution in [-0.2, 0) is 11.2 Å². The van der Waals surface area contributed by atoms with Crippen LogP contribution >= 0.6 is 0 Å². The largest absolute Gasteiger partial charge is 0.309 e. The molecule has 6 heteroatoms. The summed E-state index contributed by atoms with van der Waals surface area (Å²) in [4.78, 5) is 11.9. The predicted octanol–water partition coefficient (Wildman–Crippen LogP) is 1.55. The van der Waals surface area contributed by atoms with E-state index in [4.69, 9.17) is 0 Å². The highest BCUT2D eigenvalue weighted by molar-refractivity contribution is 5.92. The van der Waals surface area contributed by atoms with Gasteiger partial charge in [-0.2, -0.15) is 10.2 Å². The zero-order chi connectivity index (χ0) is 13.3. The minimum absolute atomic E-state index is 0.0859. The lowest BCUT2D eigenvalue weighted by molar-refractivity contribution is -0.115. The van der Waals surface area contributed by atoms with Crippen molar-refractivity contribution in [3.8, 4) is 0 Å². The molecule has 2 aromatic rings. The topological polar surface area (TPSA) is 86.5 Å². The third kappa shape index (κ3) is 2.27. The molecule has 18 heavy (non-hydrogen) atoms. The summed E-state index contributed by atoms with van der Waals surface area (Å²) in [6.07, 6.45) is 0.305. The summed E-state index contributed by atoms with van der Waals surface area (Å²) in [6, 6.07) is 0. The van der Waals surface area contributed by atoms with Crippen molar-refractivity contribution >= 4 is 11.7 Å². The van der Waals surface area contributed by atoms with Crippen molar-refractivity contribution in [3.05, 3.63) is 28.2 Å². The van der Waals surface area contributed by atoms with E-state index in [0.717, 1.165) is 28.2 Å². The number of hydrogen-bond donors (Lipinski definition) is 3. The van der Waals surface area contributed by atoms with Crippen LogP contribution in [0.1, 0.15) is 28.2 Å². The highest BCUT2D eigenvalue weighted by Gasteiger charge is 2.14. The van der Waals surface area contributed by atoms with Crippen LogP contribution in [0.4, 0.5) is 5.82 Å². The molecule has 0 fully saturated rings. The Bertz CT molecular complexity index is 562. The van der Waals surface area contributed by atoms with Gasteiger partial charge in [0.25, 0.3) is 0 Å². The molecule has 0 atom stereocenters. The molecule has 0 aromatic carbocycles. The molecular formula is C12H17N5O. The van der Waals surface area contributed by atoms with Crippen molar-refractivity contribution in [3.63, 3.8) is 0 Å². The van der Waals surface area contributed by atoms with E-state index in [-0.39, 0.29) is 5.91 Å². The fourth-order valence-corrected chi connectivity index (χ4v) is 1.78. The molecule has 0 bridgehead atoms. The van der Waals surface area contributed by atoms with Crippen LogP contribution in [0.5, 0.6) is 0 Å². The average Bonchev–Trinajstić information content (AvgIpc) is 2.79. The lowest BCUT2D eigenvalue weighted by Gasteiger charge is -2.03. The Labute approximate surface area is 105 Å². The first kappa shape index (κ1) is 12.3. The Morgan fingerprint density at radius 2 is 1.78 bits per heavy atom. The smallest absolute Gasteiger partial charge is 0.230 e. The molecule has 2 rings (SSSR count). The molecule has 2 aromatic heterocycles. The lowest BCUT2D eigenvalue weighted by atomic mass is 10.1. The standard InChI is InChI=1S/C12H17N5O/c1-6-7(2)14-17-12(6)13-11(18)5-10-8(3)15-16-9(10)4/h5H2,1-4H3,(H,15,16)(H2,13,14,17,18). The van der Waals surface area contributed by atoms with Gasteiger partial charge >= 0.3 is 0 Å². The molecule has 0 spiro atoms. The summed E-state index contributed by atoms with van der Waals surface area (Å²) in [5.74, 6) is 0.508. The maximum atomic E-state index is 11.9. The molecule has 96 valence electrons. The number of H-pyrrole nitrogens is 2. The molecular weight excluding hydrogens is 230 g/mol. The summed E-state index contributed by atoms with van der Waals surface area (Å²) in [7, 11) is 0. The molecule has 0 saturated heterocycles. The van der Waals surface area contributed by atoms with E-state index in [1.165, 1.54) is 0 Å². The van der Waals surface area contributed by atoms with Crippen LogP contribution in [0, 0.1) is 27.7 Å². The van der Waals surface area contributed by atoms with Gasteiger partial charge < -0.3 is 5.32 Å². The summed E-state index contributed by atoms with van der Waals surface area (Å²) in [5, 5.41) is 16.6. The summed E-state index contributed by atoms with van der Waals surface area (Å²) in [6.45, 7) is 7.63. The van der Waals surface area contributed by atoms with Gasteiger partial charge in [-0.25, -0.2) is 0 Å². The summed E-state index contributed by atoms with van der Waals surface area (Å²) >= 11 is 0. The normalized spacial score (nSPS) is 10.7. The highest BCUT2D eigenvalue weighted by atomic mass is 16.1. The van der Waals surface area contributed by atoms with Gasteiger partial charge in [-0.05, 0) is 27.7 Å². The molecule has 3 N–H and O–H groups in total. The third-order valence-electron chi connectivity index (χ3n) is 3.13. The van der Waals surface area contributed by atoms with E-state index in [1.54, 1.807) is 0 Å². The first-order valence-electron chi connectivity index (χ1n) is 5.81. The molecule has 0 unspecified atom stereocenters. The minimum Gasteiger partial charge on any atom is -0.309 e. The number of aryl methyl sites for hydroxylation is 3. The Morgan fingerprint density at radius 3 is 2.28 bits per heavy atom. The van der Waals surface area contributed by atoms with Gasteiger partial charge in [-0.15, -0.1) is 0 Å². The number of nitrogens with zero attached hydrogens (tertiary/aromatic N) is 2. The van der Waals surface area contributed by atoms with Gasteiger partial charge in [0.1, 0.15) is 0 Å². The van der Waals surface area contributed by atoms with Crippen molar-refractivity contribution in [2.75, 3.05) is 5.32 Å². The second-order valence-corrected chi connectivity index (χ2v) is 4.46. The lowest BCUT2D eigenvalue weighted by Crippen LogP contribution is -2.16. The number of rotatable bonds is 3. The van der Waals surface area contributed by atoms with Crippen LogP contribution in [0.2, 0.25) is 0 Å². The minimum atomic E-state index is -0.0859. The number of carbonyl (C=O) groups is 1. The van der Waals surface area contributed by atoms with Crippen LogP contribution in [0.25, 0.3) is 0 Å². The fourth-order valence-electron chi connectivity index (χ4n) is 1.78. The first-order chi connectivity index (χ1) is 8.49. The SMILES string of the molecule is Cc1n[nH]c(C)c1CC(=O)Nc1n[nH]c(C)c1C. The molecule has 0 aliphatic heterocycles. The first-order valence-corrected chi connectivity index (χ1v) is 5.81. The number of anilines is 1. The maximum Gasteiger partial charge on any atom is 0.230 e. The van der Waals surface area contributed by atoms with Crippen LogP contribution in [0.15, 0.2) is 0 Å². The van der Waals surface area contributed by atoms with Crippen LogP contribution in [-0.4, -0.2) is 26.3 Å². The number of amides is 1. The molecule has 6 nitrogen and oxygen atoms in total.